The molecule has 0 unspecified atom stereocenters. The van der Waals surface area contributed by atoms with Gasteiger partial charge in [0.15, 0.2) is 11.9 Å². The van der Waals surface area contributed by atoms with E-state index in [1.807, 2.05) is 6.92 Å². The molecule has 3 rings (SSSR count). The highest BCUT2D eigenvalue weighted by molar-refractivity contribution is 7.89. The van der Waals surface area contributed by atoms with Crippen LogP contribution in [0.3, 0.4) is 0 Å². The number of benzene rings is 1. The van der Waals surface area contributed by atoms with Gasteiger partial charge in [-0.25, -0.2) is 13.2 Å². The zero-order valence-corrected chi connectivity index (χ0v) is 15.8. The number of ketones is 1. The predicted molar refractivity (Wildman–Crippen MR) is 96.3 cm³/mol. The fraction of sp³-hybridized carbons (Fsp3) is 0.579. The smallest absolute Gasteiger partial charge is 0.338 e. The summed E-state index contributed by atoms with van der Waals surface area (Å²) in [6.07, 6.45) is 4.64. The number of nitrogens with zero attached hydrogens (tertiary/aromatic N) is 1. The van der Waals surface area contributed by atoms with Crippen LogP contribution < -0.4 is 0 Å². The number of rotatable bonds is 4. The number of sulfonamides is 1. The van der Waals surface area contributed by atoms with E-state index in [1.54, 1.807) is 6.07 Å². The highest BCUT2D eigenvalue weighted by Gasteiger charge is 2.32. The fourth-order valence-corrected chi connectivity index (χ4v) is 5.37. The van der Waals surface area contributed by atoms with Gasteiger partial charge in [-0.15, -0.1) is 0 Å². The molecule has 0 bridgehead atoms. The summed E-state index contributed by atoms with van der Waals surface area (Å²) < 4.78 is 32.7. The SMILES string of the molecule is C[C@@H]1CCCCN1S(=O)(=O)c1cccc(C(=O)O[C@H]2CCCCC2=O)c1. The van der Waals surface area contributed by atoms with Crippen LogP contribution in [0.4, 0.5) is 0 Å². The fourth-order valence-electron chi connectivity index (χ4n) is 3.62. The first-order valence-electron chi connectivity index (χ1n) is 9.25. The van der Waals surface area contributed by atoms with Crippen molar-refractivity contribution in [2.24, 2.45) is 0 Å². The van der Waals surface area contributed by atoms with E-state index in [1.165, 1.54) is 22.5 Å². The highest BCUT2D eigenvalue weighted by Crippen LogP contribution is 2.26. The molecular weight excluding hydrogens is 354 g/mol. The van der Waals surface area contributed by atoms with E-state index in [2.05, 4.69) is 0 Å². The molecule has 2 atom stereocenters. The molecule has 26 heavy (non-hydrogen) atoms. The van der Waals surface area contributed by atoms with Crippen molar-refractivity contribution in [3.05, 3.63) is 29.8 Å². The third-order valence-electron chi connectivity index (χ3n) is 5.17. The number of carbonyl (C=O) groups excluding carboxylic acids is 2. The van der Waals surface area contributed by atoms with E-state index in [0.717, 1.165) is 32.1 Å². The zero-order valence-electron chi connectivity index (χ0n) is 15.0. The molecule has 1 aliphatic heterocycles. The Morgan fingerprint density at radius 3 is 2.65 bits per heavy atom. The molecule has 0 N–H and O–H groups in total. The van der Waals surface area contributed by atoms with Gasteiger partial charge in [-0.1, -0.05) is 12.5 Å². The first-order valence-corrected chi connectivity index (χ1v) is 10.7. The van der Waals surface area contributed by atoms with E-state index in [9.17, 15) is 18.0 Å². The van der Waals surface area contributed by atoms with Crippen LogP contribution in [0.2, 0.25) is 0 Å². The van der Waals surface area contributed by atoms with Gasteiger partial charge in [-0.3, -0.25) is 4.79 Å². The van der Waals surface area contributed by atoms with Crippen LogP contribution in [0, 0.1) is 0 Å². The lowest BCUT2D eigenvalue weighted by atomic mass is 9.96. The van der Waals surface area contributed by atoms with Crippen molar-refractivity contribution in [1.29, 1.82) is 0 Å². The molecular formula is C19H25NO5S. The molecule has 142 valence electrons. The third-order valence-corrected chi connectivity index (χ3v) is 7.18. The van der Waals surface area contributed by atoms with Crippen LogP contribution in [-0.4, -0.2) is 43.2 Å². The largest absolute Gasteiger partial charge is 0.451 e. The molecule has 6 nitrogen and oxygen atoms in total. The van der Waals surface area contributed by atoms with Crippen molar-refractivity contribution in [3.8, 4) is 0 Å². The van der Waals surface area contributed by atoms with Gasteiger partial charge in [0, 0.05) is 19.0 Å². The van der Waals surface area contributed by atoms with Gasteiger partial charge in [0.2, 0.25) is 10.0 Å². The second-order valence-electron chi connectivity index (χ2n) is 7.09. The van der Waals surface area contributed by atoms with Gasteiger partial charge in [0.25, 0.3) is 0 Å². The van der Waals surface area contributed by atoms with Gasteiger partial charge in [0.1, 0.15) is 0 Å². The number of piperidine rings is 1. The molecule has 1 saturated carbocycles. The molecule has 1 aromatic carbocycles. The Morgan fingerprint density at radius 1 is 1.15 bits per heavy atom. The summed E-state index contributed by atoms with van der Waals surface area (Å²) >= 11 is 0. The van der Waals surface area contributed by atoms with Gasteiger partial charge in [-0.2, -0.15) is 4.31 Å². The topological polar surface area (TPSA) is 80.8 Å². The van der Waals surface area contributed by atoms with Gasteiger partial charge in [0.05, 0.1) is 10.5 Å². The Balaban J connectivity index is 1.79. The molecule has 0 spiro atoms. The van der Waals surface area contributed by atoms with Crippen molar-refractivity contribution < 1.29 is 22.7 Å². The van der Waals surface area contributed by atoms with Crippen molar-refractivity contribution >= 4 is 21.8 Å². The van der Waals surface area contributed by atoms with Crippen molar-refractivity contribution in [3.63, 3.8) is 0 Å². The molecule has 1 heterocycles. The lowest BCUT2D eigenvalue weighted by Crippen LogP contribution is -2.41. The number of esters is 1. The monoisotopic (exact) mass is 379 g/mol. The maximum Gasteiger partial charge on any atom is 0.338 e. The van der Waals surface area contributed by atoms with Crippen LogP contribution >= 0.6 is 0 Å². The number of hydrogen-bond donors (Lipinski definition) is 0. The molecule has 1 aliphatic carbocycles. The van der Waals surface area contributed by atoms with Gasteiger partial charge in [-0.05, 0) is 57.2 Å². The summed E-state index contributed by atoms with van der Waals surface area (Å²) in [5.74, 6) is -0.704. The van der Waals surface area contributed by atoms with Gasteiger partial charge < -0.3 is 4.74 Å². The van der Waals surface area contributed by atoms with Crippen LogP contribution in [0.5, 0.6) is 0 Å². The zero-order chi connectivity index (χ0) is 18.7. The second-order valence-corrected chi connectivity index (χ2v) is 8.98. The molecule has 0 amide bonds. The maximum absolute atomic E-state index is 12.9. The molecule has 2 aliphatic rings. The van der Waals surface area contributed by atoms with Crippen LogP contribution in [0.1, 0.15) is 62.2 Å². The minimum atomic E-state index is -3.65. The molecule has 1 aromatic rings. The van der Waals surface area contributed by atoms with Gasteiger partial charge >= 0.3 is 5.97 Å². The Kier molecular flexibility index (Phi) is 5.77. The first-order chi connectivity index (χ1) is 12.4. The van der Waals surface area contributed by atoms with Crippen molar-refractivity contribution in [2.75, 3.05) is 6.54 Å². The van der Waals surface area contributed by atoms with Crippen LogP contribution in [-0.2, 0) is 19.6 Å². The molecule has 0 radical (unpaired) electrons. The summed E-state index contributed by atoms with van der Waals surface area (Å²) in [6, 6.07) is 5.87. The summed E-state index contributed by atoms with van der Waals surface area (Å²) in [7, 11) is -3.65. The summed E-state index contributed by atoms with van der Waals surface area (Å²) in [6.45, 7) is 2.40. The van der Waals surface area contributed by atoms with E-state index >= 15 is 0 Å². The first kappa shape index (κ1) is 19.0. The van der Waals surface area contributed by atoms with Crippen molar-refractivity contribution in [2.45, 2.75) is 68.9 Å². The Bertz CT molecular complexity index is 789. The molecule has 0 aromatic heterocycles. The van der Waals surface area contributed by atoms with E-state index < -0.39 is 22.1 Å². The number of carbonyl (C=O) groups is 2. The Labute approximate surface area is 154 Å². The van der Waals surface area contributed by atoms with E-state index in [-0.39, 0.29) is 22.3 Å². The predicted octanol–water partition coefficient (Wildman–Crippen LogP) is 2.92. The van der Waals surface area contributed by atoms with Crippen LogP contribution in [0.25, 0.3) is 0 Å². The Morgan fingerprint density at radius 2 is 1.92 bits per heavy atom. The molecule has 1 saturated heterocycles. The summed E-state index contributed by atoms with van der Waals surface area (Å²) in [5.41, 5.74) is 0.161. The minimum absolute atomic E-state index is 0.0517. The average molecular weight is 379 g/mol. The van der Waals surface area contributed by atoms with Crippen LogP contribution in [0.15, 0.2) is 29.2 Å². The Hall–Kier alpha value is -1.73. The lowest BCUT2D eigenvalue weighted by Gasteiger charge is -2.32. The lowest BCUT2D eigenvalue weighted by molar-refractivity contribution is -0.129. The highest BCUT2D eigenvalue weighted by atomic mass is 32.2. The standard InChI is InChI=1S/C19H25NO5S/c1-14-7-4-5-12-20(14)26(23,24)16-9-6-8-15(13-16)19(22)25-18-11-3-2-10-17(18)21/h6,8-9,13-14,18H,2-5,7,10-12H2,1H3/t14-,18+/m1/s1. The molecule has 7 heteroatoms. The number of ether oxygens (including phenoxy) is 1. The minimum Gasteiger partial charge on any atom is -0.451 e. The summed E-state index contributed by atoms with van der Waals surface area (Å²) in [4.78, 5) is 24.3. The van der Waals surface area contributed by atoms with E-state index in [0.29, 0.717) is 19.4 Å². The normalized spacial score (nSPS) is 25.0. The number of Topliss-reactive ketones (excluding diaryl/α,β-unsaturated/α-hetero) is 1. The maximum atomic E-state index is 12.9. The quantitative estimate of drug-likeness (QED) is 0.752. The number of hydrogen-bond acceptors (Lipinski definition) is 5. The average Bonchev–Trinajstić information content (AvgIpc) is 2.64. The van der Waals surface area contributed by atoms with E-state index in [4.69, 9.17) is 4.74 Å². The third kappa shape index (κ3) is 3.99. The summed E-state index contributed by atoms with van der Waals surface area (Å²) in [5, 5.41) is 0. The second kappa shape index (κ2) is 7.88. The molecule has 2 fully saturated rings. The van der Waals surface area contributed by atoms with Crippen molar-refractivity contribution in [1.82, 2.24) is 4.31 Å².